The Kier molecular flexibility index (Phi) is 2.24. The van der Waals surface area contributed by atoms with Gasteiger partial charge in [0.2, 0.25) is 0 Å². The molecule has 13 heavy (non-hydrogen) atoms. The number of aliphatic hydroxyl groups is 1. The molecule has 68 valence electrons. The van der Waals surface area contributed by atoms with Gasteiger partial charge in [-0.1, -0.05) is 17.8 Å². The fourth-order valence-corrected chi connectivity index (χ4v) is 1.50. The Morgan fingerprint density at radius 2 is 2.38 bits per heavy atom. The maximum Gasteiger partial charge on any atom is 0.256 e. The van der Waals surface area contributed by atoms with Crippen LogP contribution >= 0.6 is 11.8 Å². The maximum atomic E-state index is 8.90. The first kappa shape index (κ1) is 8.59. The van der Waals surface area contributed by atoms with Gasteiger partial charge in [-0.05, 0) is 24.0 Å². The second-order valence-corrected chi connectivity index (χ2v) is 3.40. The molecule has 3 nitrogen and oxygen atoms in total. The SMILES string of the molecule is CSc1nc2cc(CO)ccc2o1. The number of rotatable bonds is 2. The van der Waals surface area contributed by atoms with Gasteiger partial charge in [-0.25, -0.2) is 4.98 Å². The van der Waals surface area contributed by atoms with Crippen LogP contribution in [0.2, 0.25) is 0 Å². The molecule has 1 N–H and O–H groups in total. The van der Waals surface area contributed by atoms with Crippen molar-refractivity contribution in [3.63, 3.8) is 0 Å². The second kappa shape index (κ2) is 3.40. The molecule has 1 aromatic heterocycles. The van der Waals surface area contributed by atoms with E-state index in [4.69, 9.17) is 9.52 Å². The molecule has 0 spiro atoms. The van der Waals surface area contributed by atoms with Crippen molar-refractivity contribution in [2.75, 3.05) is 6.26 Å². The van der Waals surface area contributed by atoms with Crippen molar-refractivity contribution >= 4 is 22.9 Å². The summed E-state index contributed by atoms with van der Waals surface area (Å²) in [7, 11) is 0. The molecular weight excluding hydrogens is 186 g/mol. The Morgan fingerprint density at radius 3 is 3.08 bits per heavy atom. The molecule has 2 aromatic rings. The zero-order valence-corrected chi connectivity index (χ0v) is 7.97. The Morgan fingerprint density at radius 1 is 1.54 bits per heavy atom. The van der Waals surface area contributed by atoms with Crippen LogP contribution in [0.3, 0.4) is 0 Å². The van der Waals surface area contributed by atoms with Gasteiger partial charge in [-0.2, -0.15) is 0 Å². The van der Waals surface area contributed by atoms with Crippen molar-refractivity contribution in [3.8, 4) is 0 Å². The van der Waals surface area contributed by atoms with Crippen LogP contribution in [0.4, 0.5) is 0 Å². The topological polar surface area (TPSA) is 46.3 Å². The summed E-state index contributed by atoms with van der Waals surface area (Å²) in [6, 6.07) is 5.49. The van der Waals surface area contributed by atoms with Gasteiger partial charge in [0.15, 0.2) is 5.58 Å². The van der Waals surface area contributed by atoms with Crippen LogP contribution in [0.5, 0.6) is 0 Å². The first-order chi connectivity index (χ1) is 6.33. The van der Waals surface area contributed by atoms with Crippen LogP contribution in [-0.2, 0) is 6.61 Å². The number of fused-ring (bicyclic) bond motifs is 1. The molecule has 0 aliphatic rings. The normalized spacial score (nSPS) is 10.9. The maximum absolute atomic E-state index is 8.90. The molecular formula is C9H9NO2S. The molecule has 0 bridgehead atoms. The van der Waals surface area contributed by atoms with Crippen LogP contribution in [0.15, 0.2) is 27.8 Å². The monoisotopic (exact) mass is 195 g/mol. The summed E-state index contributed by atoms with van der Waals surface area (Å²) in [4.78, 5) is 4.22. The average molecular weight is 195 g/mol. The summed E-state index contributed by atoms with van der Waals surface area (Å²) in [5, 5.41) is 9.55. The molecule has 0 atom stereocenters. The summed E-state index contributed by atoms with van der Waals surface area (Å²) in [5.74, 6) is 0. The summed E-state index contributed by atoms with van der Waals surface area (Å²) in [6.07, 6.45) is 1.91. The van der Waals surface area contributed by atoms with Crippen molar-refractivity contribution in [2.24, 2.45) is 0 Å². The molecule has 0 unspecified atom stereocenters. The highest BCUT2D eigenvalue weighted by Crippen LogP contribution is 2.22. The van der Waals surface area contributed by atoms with Crippen LogP contribution in [0, 0.1) is 0 Å². The minimum Gasteiger partial charge on any atom is -0.431 e. The molecule has 0 radical (unpaired) electrons. The largest absolute Gasteiger partial charge is 0.431 e. The van der Waals surface area contributed by atoms with Gasteiger partial charge >= 0.3 is 0 Å². The van der Waals surface area contributed by atoms with E-state index in [1.807, 2.05) is 24.5 Å². The highest BCUT2D eigenvalue weighted by atomic mass is 32.2. The quantitative estimate of drug-likeness (QED) is 0.745. The molecule has 2 rings (SSSR count). The number of oxazole rings is 1. The predicted molar refractivity (Wildman–Crippen MR) is 51.7 cm³/mol. The fraction of sp³-hybridized carbons (Fsp3) is 0.222. The van der Waals surface area contributed by atoms with Crippen molar-refractivity contribution in [3.05, 3.63) is 23.8 Å². The van der Waals surface area contributed by atoms with E-state index >= 15 is 0 Å². The molecule has 0 saturated heterocycles. The summed E-state index contributed by atoms with van der Waals surface area (Å²) in [5.41, 5.74) is 2.42. The molecule has 1 heterocycles. The van der Waals surface area contributed by atoms with Crippen molar-refractivity contribution in [1.82, 2.24) is 4.98 Å². The highest BCUT2D eigenvalue weighted by Gasteiger charge is 2.04. The van der Waals surface area contributed by atoms with E-state index in [1.165, 1.54) is 11.8 Å². The Labute approximate surface area is 79.8 Å². The average Bonchev–Trinajstić information content (AvgIpc) is 2.58. The molecule has 0 amide bonds. The van der Waals surface area contributed by atoms with Crippen molar-refractivity contribution in [1.29, 1.82) is 0 Å². The molecule has 0 saturated carbocycles. The third-order valence-electron chi connectivity index (χ3n) is 1.79. The smallest absolute Gasteiger partial charge is 0.256 e. The number of aromatic nitrogens is 1. The molecule has 4 heteroatoms. The fourth-order valence-electron chi connectivity index (χ4n) is 1.14. The highest BCUT2D eigenvalue weighted by molar-refractivity contribution is 7.98. The minimum atomic E-state index is 0.0391. The first-order valence-corrected chi connectivity index (χ1v) is 5.10. The number of thioether (sulfide) groups is 1. The van der Waals surface area contributed by atoms with Crippen molar-refractivity contribution in [2.45, 2.75) is 11.8 Å². The van der Waals surface area contributed by atoms with Gasteiger partial charge in [0.05, 0.1) is 6.61 Å². The number of hydrogen-bond acceptors (Lipinski definition) is 4. The van der Waals surface area contributed by atoms with E-state index in [2.05, 4.69) is 4.98 Å². The number of benzene rings is 1. The van der Waals surface area contributed by atoms with Crippen molar-refractivity contribution < 1.29 is 9.52 Å². The second-order valence-electron chi connectivity index (χ2n) is 2.64. The van der Waals surface area contributed by atoms with Crippen LogP contribution in [-0.4, -0.2) is 16.3 Å². The van der Waals surface area contributed by atoms with Crippen LogP contribution in [0.1, 0.15) is 5.56 Å². The summed E-state index contributed by atoms with van der Waals surface area (Å²) in [6.45, 7) is 0.0391. The van der Waals surface area contributed by atoms with E-state index in [9.17, 15) is 0 Å². The zero-order chi connectivity index (χ0) is 9.26. The lowest BCUT2D eigenvalue weighted by molar-refractivity contribution is 0.282. The molecule has 0 aliphatic heterocycles. The van der Waals surface area contributed by atoms with Gasteiger partial charge in [0.25, 0.3) is 5.22 Å². The number of hydrogen-bond donors (Lipinski definition) is 1. The Balaban J connectivity index is 2.57. The Bertz CT molecular complexity index is 422. The van der Waals surface area contributed by atoms with E-state index in [0.29, 0.717) is 5.22 Å². The van der Waals surface area contributed by atoms with Crippen LogP contribution < -0.4 is 0 Å². The predicted octanol–water partition coefficient (Wildman–Crippen LogP) is 2.04. The summed E-state index contributed by atoms with van der Waals surface area (Å²) >= 11 is 1.47. The third-order valence-corrected chi connectivity index (χ3v) is 2.31. The van der Waals surface area contributed by atoms with Gasteiger partial charge in [-0.15, -0.1) is 0 Å². The lowest BCUT2D eigenvalue weighted by Gasteiger charge is -1.92. The van der Waals surface area contributed by atoms with E-state index in [0.717, 1.165) is 16.7 Å². The van der Waals surface area contributed by atoms with E-state index in [1.54, 1.807) is 0 Å². The standard InChI is InChI=1S/C9H9NO2S/c1-13-9-10-7-4-6(5-11)2-3-8(7)12-9/h2-4,11H,5H2,1H3. The third kappa shape index (κ3) is 1.55. The van der Waals surface area contributed by atoms with E-state index < -0.39 is 0 Å². The van der Waals surface area contributed by atoms with E-state index in [-0.39, 0.29) is 6.61 Å². The first-order valence-electron chi connectivity index (χ1n) is 3.88. The van der Waals surface area contributed by atoms with Gasteiger partial charge in [0, 0.05) is 0 Å². The minimum absolute atomic E-state index is 0.0391. The Hall–Kier alpha value is -1.00. The molecule has 0 aliphatic carbocycles. The number of aliphatic hydroxyl groups excluding tert-OH is 1. The zero-order valence-electron chi connectivity index (χ0n) is 7.15. The lowest BCUT2D eigenvalue weighted by Crippen LogP contribution is -1.80. The lowest BCUT2D eigenvalue weighted by atomic mass is 10.2. The molecule has 1 aromatic carbocycles. The van der Waals surface area contributed by atoms with Gasteiger partial charge in [0.1, 0.15) is 5.52 Å². The van der Waals surface area contributed by atoms with Gasteiger partial charge in [-0.3, -0.25) is 0 Å². The van der Waals surface area contributed by atoms with Gasteiger partial charge < -0.3 is 9.52 Å². The molecule has 0 fully saturated rings. The summed E-state index contributed by atoms with van der Waals surface area (Å²) < 4.78 is 5.39. The van der Waals surface area contributed by atoms with Crippen LogP contribution in [0.25, 0.3) is 11.1 Å². The number of nitrogens with zero attached hydrogens (tertiary/aromatic N) is 1.